The van der Waals surface area contributed by atoms with E-state index in [4.69, 9.17) is 25.0 Å². The Kier molecular flexibility index (Phi) is 59.1. The molecule has 752 valence electrons. The fourth-order valence-electron chi connectivity index (χ4n) is 15.5. The summed E-state index contributed by atoms with van der Waals surface area (Å²) in [4.78, 5) is 63.4. The predicted molar refractivity (Wildman–Crippen MR) is 567 cm³/mol. The monoisotopic (exact) mass is 2580 g/mol. The number of fused-ring (bicyclic) bond motifs is 4. The van der Waals surface area contributed by atoms with Crippen LogP contribution >= 0.6 is 0 Å². The molecule has 4 radical (unpaired) electrons. The van der Waals surface area contributed by atoms with Gasteiger partial charge in [0.25, 0.3) is 0 Å². The summed E-state index contributed by atoms with van der Waals surface area (Å²) in [7, 11) is 0. The van der Waals surface area contributed by atoms with Crippen molar-refractivity contribution in [2.45, 2.75) is 272 Å². The van der Waals surface area contributed by atoms with Crippen LogP contribution in [-0.4, -0.2) is 63.5 Å². The summed E-state index contributed by atoms with van der Waals surface area (Å²) in [5.41, 5.74) is 27.7. The first-order chi connectivity index (χ1) is 63.1. The van der Waals surface area contributed by atoms with E-state index < -0.39 is 0 Å². The molecule has 0 aliphatic heterocycles. The zero-order valence-electron chi connectivity index (χ0n) is 87.9. The molecule has 12 nitrogen and oxygen atoms in total. The molecule has 0 saturated carbocycles. The van der Waals surface area contributed by atoms with Crippen molar-refractivity contribution in [1.29, 1.82) is 0 Å². The van der Waals surface area contributed by atoms with Gasteiger partial charge in [-0.3, -0.25) is 39.1 Å². The first kappa shape index (κ1) is 127. The predicted octanol–water partition coefficient (Wildman–Crippen LogP) is 32.4. The van der Waals surface area contributed by atoms with E-state index in [-0.39, 0.29) is 150 Å². The quantitative estimate of drug-likeness (QED) is 0.0206. The first-order valence-electron chi connectivity index (χ1n) is 48.4. The van der Waals surface area contributed by atoms with Gasteiger partial charge in [0.2, 0.25) is 0 Å². The van der Waals surface area contributed by atoms with E-state index in [1.807, 2.05) is 83.1 Å². The van der Waals surface area contributed by atoms with Crippen LogP contribution in [0, 0.1) is 139 Å². The molecule has 138 heavy (non-hydrogen) atoms. The number of allylic oxidation sites excluding steroid dienone is 8. The molecule has 4 N–H and O–H groups in total. The van der Waals surface area contributed by atoms with Crippen molar-refractivity contribution in [3.05, 3.63) is 308 Å². The number of aliphatic hydroxyl groups is 4. The molecular weight excluding hydrogens is 2420 g/mol. The van der Waals surface area contributed by atoms with E-state index in [0.29, 0.717) is 48.3 Å². The minimum atomic E-state index is -0.125. The number of carbonyl (C=O) groups excluding carboxylic acids is 4. The molecule has 0 spiro atoms. The molecule has 0 fully saturated rings. The SMILES string of the molecule is CC(=O)C=C(C)O.CC(C)C(=O)C=C(O)C(C)C.CC(C)CC(=O)C=C(O)CC(C)C.CCC(CC)C(=O)C=C(O)C(CC)CC.Cc1[c-]c(-c2ccc3cc(CC(C)C)ccc3n2)cc(C)c1.Cc1[c-]c(-c2ccc3ccc(CC(C)C)cc3n2)cc(C)c1.Cc1[c-]c(-c2ccc3ccc(CC(C)C)cc3n2)cc(C)c1.Cc1[c-]c(-c2ccc3ccc(CC(C)C)cc3n2)cc(C)c1.[Ir].[Ir].[Ir].[Ir]. The number of pyridine rings is 4. The van der Waals surface area contributed by atoms with Crippen LogP contribution in [-0.2, 0) is 125 Å². The van der Waals surface area contributed by atoms with E-state index in [1.165, 1.54) is 104 Å². The smallest absolute Gasteiger partial charge is 0.162 e. The first-order valence-corrected chi connectivity index (χ1v) is 48.4. The number of hydrogen-bond acceptors (Lipinski definition) is 12. The maximum absolute atomic E-state index is 11.7. The zero-order valence-corrected chi connectivity index (χ0v) is 97.4. The summed E-state index contributed by atoms with van der Waals surface area (Å²) >= 11 is 0. The molecule has 4 heterocycles. The van der Waals surface area contributed by atoms with E-state index in [2.05, 4.69) is 305 Å². The van der Waals surface area contributed by atoms with Gasteiger partial charge in [0.05, 0.1) is 45.1 Å². The number of aromatic nitrogens is 4. The Morgan fingerprint density at radius 3 is 0.862 bits per heavy atom. The molecule has 8 aromatic carbocycles. The van der Waals surface area contributed by atoms with Gasteiger partial charge in [0.15, 0.2) is 23.1 Å². The molecular formula is C122H156Ir4N4O8-4. The van der Waals surface area contributed by atoms with Gasteiger partial charge < -0.3 is 20.4 Å². The van der Waals surface area contributed by atoms with Crippen molar-refractivity contribution in [3.8, 4) is 45.0 Å². The van der Waals surface area contributed by atoms with Crippen LogP contribution in [0.15, 0.2) is 217 Å². The molecule has 16 heteroatoms. The van der Waals surface area contributed by atoms with Gasteiger partial charge in [-0.2, -0.15) is 0 Å². The number of rotatable bonds is 28. The summed E-state index contributed by atoms with van der Waals surface area (Å²) in [6.45, 7) is 61.0. The Hall–Kier alpha value is -9.16. The standard InChI is InChI=1S/4C21H22N.C13H24O2.C11H20O2.C9H16O2.C5H8O2.4Ir/c1-14(2)9-17-5-7-20-18(13-17)6-8-21(22-20)19-11-15(3)10-16(4)12-19;3*1-14(2)9-17-5-6-18-7-8-20(22-21(18)13-17)19-11-15(3)10-16(4)12-19;1-5-10(6-2)12(14)9-13(15)11(7-3)8-4;1-8(2)5-10(12)7-11(13)6-9(3)4;1-6(2)8(10)5-9(11)7(3)4;1-4(6)3-5(2)7;;;;/h4*5-8,10-11,13-14H,9H2,1-4H3;9-11,14H,5-8H2,1-4H3;7-9,12H,5-6H2,1-4H3;5-7,10H,1-4H3;3,6H,1-2H3;;;;/q4*-1;;;;;;;;. The summed E-state index contributed by atoms with van der Waals surface area (Å²) in [5.74, 6) is 4.28. The number of aliphatic hydroxyl groups excluding tert-OH is 4. The number of carbonyl (C=O) groups is 4. The van der Waals surface area contributed by atoms with Crippen LogP contribution in [0.2, 0.25) is 0 Å². The Morgan fingerprint density at radius 2 is 0.594 bits per heavy atom. The normalized spacial score (nSPS) is 11.4. The molecule has 12 aromatic rings. The van der Waals surface area contributed by atoms with Crippen LogP contribution in [0.25, 0.3) is 88.6 Å². The van der Waals surface area contributed by atoms with E-state index in [0.717, 1.165) is 141 Å². The van der Waals surface area contributed by atoms with Crippen molar-refractivity contribution in [2.24, 2.45) is 59.2 Å². The largest absolute Gasteiger partial charge is 0.512 e. The van der Waals surface area contributed by atoms with Crippen molar-refractivity contribution in [2.75, 3.05) is 0 Å². The maximum atomic E-state index is 11.7. The summed E-state index contributed by atoms with van der Waals surface area (Å²) < 4.78 is 0. The summed E-state index contributed by atoms with van der Waals surface area (Å²) in [6, 6.07) is 74.3. The molecule has 0 atom stereocenters. The zero-order chi connectivity index (χ0) is 99.9. The second-order valence-corrected chi connectivity index (χ2v) is 39.3. The molecule has 0 saturated heterocycles. The second kappa shape index (κ2) is 64.3. The topological polar surface area (TPSA) is 201 Å². The molecule has 0 amide bonds. The van der Waals surface area contributed by atoms with E-state index >= 15 is 0 Å². The molecule has 0 aliphatic carbocycles. The van der Waals surface area contributed by atoms with Gasteiger partial charge in [0.1, 0.15) is 0 Å². The number of ketones is 4. The van der Waals surface area contributed by atoms with Crippen LogP contribution in [0.3, 0.4) is 0 Å². The molecule has 0 aliphatic rings. The van der Waals surface area contributed by atoms with Crippen molar-refractivity contribution >= 4 is 66.7 Å². The Morgan fingerprint density at radius 1 is 0.304 bits per heavy atom. The molecule has 0 unspecified atom stereocenters. The fourth-order valence-corrected chi connectivity index (χ4v) is 15.5. The summed E-state index contributed by atoms with van der Waals surface area (Å²) in [5, 5.41) is 41.5. The van der Waals surface area contributed by atoms with Gasteiger partial charge >= 0.3 is 0 Å². The number of aryl methyl sites for hydroxylation is 8. The van der Waals surface area contributed by atoms with Crippen molar-refractivity contribution < 1.29 is 120 Å². The maximum Gasteiger partial charge on any atom is 0.162 e. The van der Waals surface area contributed by atoms with Gasteiger partial charge in [-0.25, -0.2) is 0 Å². The number of benzene rings is 8. The molecule has 0 bridgehead atoms. The number of hydrogen-bond donors (Lipinski definition) is 4. The number of nitrogens with zero attached hydrogens (tertiary/aromatic N) is 4. The van der Waals surface area contributed by atoms with Gasteiger partial charge in [-0.05, 0) is 198 Å². The van der Waals surface area contributed by atoms with Gasteiger partial charge in [-0.1, -0.05) is 285 Å². The Labute approximate surface area is 883 Å². The Balaban J connectivity index is 0.000000802. The Bertz CT molecular complexity index is 5550. The molecule has 4 aromatic heterocycles. The van der Waals surface area contributed by atoms with Crippen LogP contribution in [0.4, 0.5) is 0 Å². The van der Waals surface area contributed by atoms with E-state index in [1.54, 1.807) is 0 Å². The van der Waals surface area contributed by atoms with Crippen molar-refractivity contribution in [3.63, 3.8) is 0 Å². The minimum Gasteiger partial charge on any atom is -0.512 e. The van der Waals surface area contributed by atoms with Crippen LogP contribution in [0.1, 0.15) is 258 Å². The second-order valence-electron chi connectivity index (χ2n) is 39.3. The van der Waals surface area contributed by atoms with Crippen molar-refractivity contribution in [1.82, 2.24) is 19.9 Å². The van der Waals surface area contributed by atoms with Gasteiger partial charge in [0, 0.05) is 141 Å². The average Bonchev–Trinajstić information content (AvgIpc) is 0.817. The van der Waals surface area contributed by atoms with Crippen LogP contribution in [0.5, 0.6) is 0 Å². The van der Waals surface area contributed by atoms with Crippen LogP contribution < -0.4 is 0 Å². The summed E-state index contributed by atoms with van der Waals surface area (Å²) in [6.07, 6.45) is 14.2. The third-order valence-electron chi connectivity index (χ3n) is 21.8. The minimum absolute atomic E-state index is 0. The third-order valence-corrected chi connectivity index (χ3v) is 21.8. The fraction of sp³-hybridized carbons (Fsp3) is 0.410. The van der Waals surface area contributed by atoms with E-state index in [9.17, 15) is 34.5 Å². The third kappa shape index (κ3) is 46.9. The molecule has 12 rings (SSSR count). The van der Waals surface area contributed by atoms with Gasteiger partial charge in [-0.15, -0.1) is 140 Å². The average molecular weight is 2580 g/mol.